The zero-order valence-electron chi connectivity index (χ0n) is 32.4. The summed E-state index contributed by atoms with van der Waals surface area (Å²) in [6, 6.07) is 34.8. The molecule has 304 valence electrons. The van der Waals surface area contributed by atoms with Gasteiger partial charge in [-0.05, 0) is 72.9 Å². The van der Waals surface area contributed by atoms with Crippen LogP contribution in [0.1, 0.15) is 47.9 Å². The highest BCUT2D eigenvalue weighted by atomic mass is 32.2. The van der Waals surface area contributed by atoms with Crippen LogP contribution >= 0.6 is 8.53 Å². The van der Waals surface area contributed by atoms with Crippen molar-refractivity contribution >= 4 is 18.4 Å². The molecular weight excluding hydrogens is 782 g/mol. The Balaban J connectivity index is 1.15. The van der Waals surface area contributed by atoms with Crippen LogP contribution in [0.4, 0.5) is 0 Å². The molecule has 13 nitrogen and oxygen atoms in total. The minimum Gasteiger partial charge on any atom is -0.497 e. The van der Waals surface area contributed by atoms with Crippen molar-refractivity contribution < 1.29 is 36.4 Å². The minimum absolute atomic E-state index is 0.0367. The Hall–Kier alpha value is -4.66. The van der Waals surface area contributed by atoms with Crippen LogP contribution in [-0.4, -0.2) is 80.1 Å². The molecule has 3 aliphatic rings. The third-order valence-corrected chi connectivity index (χ3v) is 14.6. The molecular formula is C43H46N3O10PS. The van der Waals surface area contributed by atoms with Crippen LogP contribution in [0.5, 0.6) is 11.5 Å². The van der Waals surface area contributed by atoms with Gasteiger partial charge >= 0.3 is 5.69 Å². The molecule has 0 radical (unpaired) electrons. The van der Waals surface area contributed by atoms with Gasteiger partial charge in [0.05, 0.1) is 43.7 Å². The van der Waals surface area contributed by atoms with Crippen molar-refractivity contribution in [1.29, 1.82) is 0 Å². The number of fused-ring (bicyclic) bond motifs is 1. The minimum atomic E-state index is -3.65. The monoisotopic (exact) mass is 827 g/mol. The lowest BCUT2D eigenvalue weighted by Crippen LogP contribution is -2.39. The van der Waals surface area contributed by atoms with Crippen molar-refractivity contribution in [3.63, 3.8) is 0 Å². The molecule has 0 unspecified atom stereocenters. The lowest BCUT2D eigenvalue weighted by molar-refractivity contribution is -0.0925. The van der Waals surface area contributed by atoms with E-state index in [4.69, 9.17) is 28.0 Å². The van der Waals surface area contributed by atoms with E-state index in [1.807, 2.05) is 78.9 Å². The quantitative estimate of drug-likeness (QED) is 0.102. The molecule has 6 atom stereocenters. The smallest absolute Gasteiger partial charge is 0.330 e. The van der Waals surface area contributed by atoms with Crippen LogP contribution < -0.4 is 20.7 Å². The first-order valence-electron chi connectivity index (χ1n) is 19.2. The molecule has 1 aromatic heterocycles. The van der Waals surface area contributed by atoms with Crippen LogP contribution in [0.25, 0.3) is 0 Å². The first-order valence-corrected chi connectivity index (χ1v) is 22.0. The second-order valence-electron chi connectivity index (χ2n) is 14.6. The molecule has 15 heteroatoms. The van der Waals surface area contributed by atoms with Crippen molar-refractivity contribution in [1.82, 2.24) is 14.2 Å². The standard InChI is InChI=1S/C43H46N3O10PS/c1-29-25-40(47)46(42(48)44-29)41-26-37(55-57-45-24-10-15-36(45)39(56-57)28-58(49,50)35-13-8-5-9-14-35)38(54-41)27-53-43(30-11-6-4-7-12-30,31-16-20-33(51-2)21-17-31)32-18-22-34(52-3)23-19-32/h4-9,11-14,16-23,25,36-39,41H,10,15,24,26-28H2,1-3H3,(H,44,48)/t36-,37-,38+,39+,41+,57+/m0/s1. The summed E-state index contributed by atoms with van der Waals surface area (Å²) in [5.74, 6) is 1.17. The summed E-state index contributed by atoms with van der Waals surface area (Å²) in [5.41, 5.74) is 0.616. The van der Waals surface area contributed by atoms with Gasteiger partial charge in [0.25, 0.3) is 14.1 Å². The SMILES string of the molecule is COc1ccc(C(OC[C@H]2O[C@@H](n3c(=O)cc(C)[nH]c3=O)C[C@@H]2O[P@]2O[C@H](CS(=O)(=O)c3ccccc3)[C@@H]3CCCN32)(c2ccccc2)c2ccc(OC)cc2)cc1. The third-order valence-electron chi connectivity index (χ3n) is 11.1. The summed E-state index contributed by atoms with van der Waals surface area (Å²) in [4.78, 5) is 29.5. The van der Waals surface area contributed by atoms with Crippen molar-refractivity contribution in [3.05, 3.63) is 158 Å². The second kappa shape index (κ2) is 16.9. The highest BCUT2D eigenvalue weighted by Gasteiger charge is 2.51. The number of methoxy groups -OCH3 is 2. The number of aryl methyl sites for hydroxylation is 1. The first kappa shape index (κ1) is 40.1. The number of nitrogens with one attached hydrogen (secondary N) is 1. The number of nitrogens with zero attached hydrogens (tertiary/aromatic N) is 2. The average molecular weight is 828 g/mol. The first-order chi connectivity index (χ1) is 28.1. The Kier molecular flexibility index (Phi) is 11.7. The molecule has 4 aromatic carbocycles. The van der Waals surface area contributed by atoms with Crippen LogP contribution in [-0.2, 0) is 34.0 Å². The van der Waals surface area contributed by atoms with E-state index in [2.05, 4.69) is 9.65 Å². The van der Waals surface area contributed by atoms with E-state index >= 15 is 0 Å². The zero-order valence-corrected chi connectivity index (χ0v) is 34.1. The summed E-state index contributed by atoms with van der Waals surface area (Å²) >= 11 is 0. The van der Waals surface area contributed by atoms with Gasteiger partial charge in [-0.25, -0.2) is 22.4 Å². The Bertz CT molecular complexity index is 2340. The number of H-pyrrole nitrogens is 1. The van der Waals surface area contributed by atoms with Gasteiger partial charge in [-0.1, -0.05) is 72.8 Å². The molecule has 0 aliphatic carbocycles. The lowest BCUT2D eigenvalue weighted by atomic mass is 9.80. The molecule has 0 bridgehead atoms. The maximum atomic E-state index is 13.5. The van der Waals surface area contributed by atoms with E-state index in [0.29, 0.717) is 23.7 Å². The fourth-order valence-corrected chi connectivity index (χ4v) is 11.8. The van der Waals surface area contributed by atoms with Crippen molar-refractivity contribution in [3.8, 4) is 11.5 Å². The van der Waals surface area contributed by atoms with Gasteiger partial charge in [-0.2, -0.15) is 0 Å². The molecule has 1 N–H and O–H groups in total. The molecule has 0 saturated carbocycles. The van der Waals surface area contributed by atoms with E-state index < -0.39 is 59.8 Å². The summed E-state index contributed by atoms with van der Waals surface area (Å²) < 4.78 is 68.5. The maximum Gasteiger partial charge on any atom is 0.330 e. The molecule has 5 aromatic rings. The summed E-state index contributed by atoms with van der Waals surface area (Å²) in [5, 5.41) is 0. The Morgan fingerprint density at radius 1 is 0.828 bits per heavy atom. The summed E-state index contributed by atoms with van der Waals surface area (Å²) in [6.07, 6.45) is -1.32. The lowest BCUT2D eigenvalue weighted by Gasteiger charge is -2.37. The van der Waals surface area contributed by atoms with Crippen molar-refractivity contribution in [2.75, 3.05) is 33.1 Å². The largest absolute Gasteiger partial charge is 0.497 e. The van der Waals surface area contributed by atoms with Crippen LogP contribution in [0.15, 0.2) is 130 Å². The topological polar surface area (TPSA) is 148 Å². The van der Waals surface area contributed by atoms with Crippen LogP contribution in [0.3, 0.4) is 0 Å². The Morgan fingerprint density at radius 2 is 1.43 bits per heavy atom. The summed E-state index contributed by atoms with van der Waals surface area (Å²) in [7, 11) is -2.16. The van der Waals surface area contributed by atoms with E-state index in [1.54, 1.807) is 51.5 Å². The number of aromatic nitrogens is 2. The Morgan fingerprint density at radius 3 is 2.03 bits per heavy atom. The molecule has 8 rings (SSSR count). The molecule has 58 heavy (non-hydrogen) atoms. The average Bonchev–Trinajstić information content (AvgIpc) is 3.96. The summed E-state index contributed by atoms with van der Waals surface area (Å²) in [6.45, 7) is 2.29. The van der Waals surface area contributed by atoms with Gasteiger partial charge in [0, 0.05) is 30.8 Å². The number of hydrogen-bond donors (Lipinski definition) is 1. The highest BCUT2D eigenvalue weighted by Crippen LogP contribution is 2.58. The number of sulfone groups is 1. The fraction of sp³-hybridized carbons (Fsp3) is 0.349. The van der Waals surface area contributed by atoms with E-state index in [9.17, 15) is 18.0 Å². The third kappa shape index (κ3) is 7.90. The normalized spacial score (nSPS) is 23.5. The fourth-order valence-electron chi connectivity index (χ4n) is 8.18. The van der Waals surface area contributed by atoms with E-state index in [1.165, 1.54) is 6.07 Å². The van der Waals surface area contributed by atoms with Gasteiger partial charge in [0.1, 0.15) is 29.4 Å². The number of benzene rings is 4. The Labute approximate surface area is 338 Å². The number of hydrogen-bond acceptors (Lipinski definition) is 11. The number of rotatable bonds is 14. The van der Waals surface area contributed by atoms with E-state index in [0.717, 1.165) is 34.1 Å². The molecule has 3 saturated heterocycles. The number of ether oxygens (including phenoxy) is 4. The molecule has 3 aliphatic heterocycles. The molecule has 0 spiro atoms. The second-order valence-corrected chi connectivity index (χ2v) is 18.1. The van der Waals surface area contributed by atoms with Gasteiger partial charge in [0.15, 0.2) is 9.84 Å². The van der Waals surface area contributed by atoms with Crippen LogP contribution in [0.2, 0.25) is 0 Å². The van der Waals surface area contributed by atoms with Crippen LogP contribution in [0, 0.1) is 6.92 Å². The highest BCUT2D eigenvalue weighted by molar-refractivity contribution is 7.91. The molecule has 4 heterocycles. The number of aromatic amines is 1. The van der Waals surface area contributed by atoms with Crippen molar-refractivity contribution in [2.24, 2.45) is 0 Å². The zero-order chi connectivity index (χ0) is 40.4. The predicted octanol–water partition coefficient (Wildman–Crippen LogP) is 6.11. The predicted molar refractivity (Wildman–Crippen MR) is 218 cm³/mol. The molecule has 3 fully saturated rings. The van der Waals surface area contributed by atoms with Crippen molar-refractivity contribution in [2.45, 2.75) is 67.3 Å². The molecule has 0 amide bonds. The maximum absolute atomic E-state index is 13.5. The van der Waals surface area contributed by atoms with Gasteiger partial charge in [-0.3, -0.25) is 4.79 Å². The van der Waals surface area contributed by atoms with Gasteiger partial charge < -0.3 is 33.0 Å². The van der Waals surface area contributed by atoms with Gasteiger partial charge in [-0.15, -0.1) is 0 Å². The van der Waals surface area contributed by atoms with E-state index in [-0.39, 0.29) is 29.7 Å². The van der Waals surface area contributed by atoms with Gasteiger partial charge in [0.2, 0.25) is 0 Å².